The highest BCUT2D eigenvalue weighted by atomic mass is 35.5. The second-order valence-corrected chi connectivity index (χ2v) is 5.05. The molecule has 1 aromatic heterocycles. The molecule has 1 atom stereocenters. The molecular formula is C11H13ClO2. The number of alkyl halides is 1. The van der Waals surface area contributed by atoms with Crippen LogP contribution in [0.25, 0.3) is 0 Å². The van der Waals surface area contributed by atoms with Crippen LogP contribution in [0.2, 0.25) is 0 Å². The minimum atomic E-state index is -0.0421. The van der Waals surface area contributed by atoms with Crippen LogP contribution >= 0.6 is 11.6 Å². The largest absolute Gasteiger partial charge is 0.469 e. The number of furan rings is 1. The van der Waals surface area contributed by atoms with Gasteiger partial charge in [0.15, 0.2) is 0 Å². The molecule has 1 unspecified atom stereocenters. The third-order valence-corrected chi connectivity index (χ3v) is 4.08. The molecule has 3 rings (SSSR count). The predicted octanol–water partition coefficient (Wildman–Crippen LogP) is 2.75. The molecule has 2 nitrogen and oxygen atoms in total. The zero-order chi connectivity index (χ0) is 9.65. The molecule has 2 aliphatic rings. The average molecular weight is 213 g/mol. The van der Waals surface area contributed by atoms with Gasteiger partial charge in [-0.05, 0) is 31.4 Å². The van der Waals surface area contributed by atoms with Gasteiger partial charge in [-0.15, -0.1) is 11.6 Å². The smallest absolute Gasteiger partial charge is 0.111 e. The zero-order valence-corrected chi connectivity index (χ0v) is 8.72. The van der Waals surface area contributed by atoms with Crippen LogP contribution in [0.15, 0.2) is 22.8 Å². The maximum Gasteiger partial charge on any atom is 0.111 e. The normalized spacial score (nSPS) is 32.9. The van der Waals surface area contributed by atoms with E-state index in [0.29, 0.717) is 0 Å². The van der Waals surface area contributed by atoms with Gasteiger partial charge in [0.25, 0.3) is 0 Å². The standard InChI is InChI=1S/C11H13ClO2/c12-10(5-6-10)11(8-14-11)4-3-9-2-1-7-13-9/h1-2,7H,3-6,8H2. The molecular weight excluding hydrogens is 200 g/mol. The molecule has 0 N–H and O–H groups in total. The van der Waals surface area contributed by atoms with Crippen molar-refractivity contribution in [1.82, 2.24) is 0 Å². The van der Waals surface area contributed by atoms with E-state index in [1.165, 1.54) is 0 Å². The van der Waals surface area contributed by atoms with Crippen molar-refractivity contribution in [3.05, 3.63) is 24.2 Å². The van der Waals surface area contributed by atoms with E-state index < -0.39 is 0 Å². The molecule has 0 spiro atoms. The van der Waals surface area contributed by atoms with Gasteiger partial charge in [-0.3, -0.25) is 0 Å². The van der Waals surface area contributed by atoms with Crippen molar-refractivity contribution in [3.63, 3.8) is 0 Å². The number of hydrogen-bond acceptors (Lipinski definition) is 2. The number of halogens is 1. The molecule has 0 aromatic carbocycles. The predicted molar refractivity (Wildman–Crippen MR) is 53.5 cm³/mol. The molecule has 0 amide bonds. The fraction of sp³-hybridized carbons (Fsp3) is 0.636. The van der Waals surface area contributed by atoms with E-state index in [1.807, 2.05) is 12.1 Å². The Labute approximate surface area is 88.2 Å². The van der Waals surface area contributed by atoms with Crippen molar-refractivity contribution in [2.24, 2.45) is 0 Å². The quantitative estimate of drug-likeness (QED) is 0.567. The highest BCUT2D eigenvalue weighted by Crippen LogP contribution is 2.60. The third-order valence-electron chi connectivity index (χ3n) is 3.35. The molecule has 2 heterocycles. The van der Waals surface area contributed by atoms with E-state index in [-0.39, 0.29) is 10.5 Å². The minimum absolute atomic E-state index is 0.0264. The minimum Gasteiger partial charge on any atom is -0.469 e. The number of ether oxygens (including phenoxy) is 1. The Kier molecular flexibility index (Phi) is 1.74. The second kappa shape index (κ2) is 2.77. The Morgan fingerprint density at radius 3 is 2.71 bits per heavy atom. The van der Waals surface area contributed by atoms with Crippen molar-refractivity contribution in [2.45, 2.75) is 36.2 Å². The van der Waals surface area contributed by atoms with Gasteiger partial charge in [0, 0.05) is 6.42 Å². The number of hydrogen-bond donors (Lipinski definition) is 0. The van der Waals surface area contributed by atoms with Crippen LogP contribution in [-0.2, 0) is 11.2 Å². The molecule has 14 heavy (non-hydrogen) atoms. The van der Waals surface area contributed by atoms with Gasteiger partial charge < -0.3 is 9.15 Å². The van der Waals surface area contributed by atoms with Crippen molar-refractivity contribution in [1.29, 1.82) is 0 Å². The van der Waals surface area contributed by atoms with Gasteiger partial charge in [-0.1, -0.05) is 0 Å². The van der Waals surface area contributed by atoms with E-state index in [2.05, 4.69) is 0 Å². The molecule has 1 aliphatic heterocycles. The van der Waals surface area contributed by atoms with Crippen LogP contribution in [-0.4, -0.2) is 17.1 Å². The Hall–Kier alpha value is -0.470. The van der Waals surface area contributed by atoms with Crippen LogP contribution in [0.1, 0.15) is 25.0 Å². The van der Waals surface area contributed by atoms with Crippen molar-refractivity contribution in [3.8, 4) is 0 Å². The second-order valence-electron chi connectivity index (χ2n) is 4.33. The Bertz CT molecular complexity index is 323. The number of aryl methyl sites for hydroxylation is 1. The lowest BCUT2D eigenvalue weighted by atomic mass is 9.97. The fourth-order valence-corrected chi connectivity index (χ4v) is 2.36. The highest BCUT2D eigenvalue weighted by molar-refractivity contribution is 6.27. The van der Waals surface area contributed by atoms with Crippen molar-refractivity contribution >= 4 is 11.6 Å². The molecule has 1 saturated heterocycles. The first kappa shape index (κ1) is 8.81. The van der Waals surface area contributed by atoms with E-state index in [9.17, 15) is 0 Å². The summed E-state index contributed by atoms with van der Waals surface area (Å²) in [6.45, 7) is 0.831. The fourth-order valence-electron chi connectivity index (χ4n) is 2.06. The Balaban J connectivity index is 1.63. The van der Waals surface area contributed by atoms with Crippen LogP contribution in [0.4, 0.5) is 0 Å². The van der Waals surface area contributed by atoms with Crippen LogP contribution in [0, 0.1) is 0 Å². The van der Waals surface area contributed by atoms with E-state index in [0.717, 1.165) is 38.1 Å². The molecule has 1 saturated carbocycles. The third kappa shape index (κ3) is 1.29. The highest BCUT2D eigenvalue weighted by Gasteiger charge is 2.66. The summed E-state index contributed by atoms with van der Waals surface area (Å²) < 4.78 is 10.8. The molecule has 3 heteroatoms. The maximum absolute atomic E-state index is 6.38. The van der Waals surface area contributed by atoms with Gasteiger partial charge >= 0.3 is 0 Å². The summed E-state index contributed by atoms with van der Waals surface area (Å²) in [4.78, 5) is -0.0421. The summed E-state index contributed by atoms with van der Waals surface area (Å²) in [7, 11) is 0. The molecule has 0 radical (unpaired) electrons. The van der Waals surface area contributed by atoms with E-state index in [4.69, 9.17) is 20.8 Å². The molecule has 76 valence electrons. The lowest BCUT2D eigenvalue weighted by molar-refractivity contribution is 0.267. The lowest BCUT2D eigenvalue weighted by Crippen LogP contribution is -2.27. The Morgan fingerprint density at radius 2 is 2.21 bits per heavy atom. The van der Waals surface area contributed by atoms with Crippen LogP contribution < -0.4 is 0 Å². The topological polar surface area (TPSA) is 25.7 Å². The van der Waals surface area contributed by atoms with Gasteiger partial charge in [0.1, 0.15) is 11.4 Å². The lowest BCUT2D eigenvalue weighted by Gasteiger charge is -2.15. The SMILES string of the molecule is ClC1(C2(CCc3ccco3)CO2)CC1. The van der Waals surface area contributed by atoms with Crippen molar-refractivity contribution < 1.29 is 9.15 Å². The van der Waals surface area contributed by atoms with E-state index in [1.54, 1.807) is 6.26 Å². The molecule has 0 bridgehead atoms. The summed E-state index contributed by atoms with van der Waals surface area (Å²) in [6, 6.07) is 3.92. The molecule has 1 aromatic rings. The number of epoxide rings is 1. The zero-order valence-electron chi connectivity index (χ0n) is 7.96. The summed E-state index contributed by atoms with van der Waals surface area (Å²) >= 11 is 6.38. The average Bonchev–Trinajstić information content (AvgIpc) is 3.07. The van der Waals surface area contributed by atoms with Crippen molar-refractivity contribution in [2.75, 3.05) is 6.61 Å². The molecule has 2 fully saturated rings. The van der Waals surface area contributed by atoms with Gasteiger partial charge in [-0.2, -0.15) is 0 Å². The summed E-state index contributed by atoms with van der Waals surface area (Å²) in [5.41, 5.74) is -0.0264. The van der Waals surface area contributed by atoms with E-state index >= 15 is 0 Å². The van der Waals surface area contributed by atoms with Gasteiger partial charge in [0.05, 0.1) is 17.7 Å². The summed E-state index contributed by atoms with van der Waals surface area (Å²) in [6.07, 6.45) is 5.84. The summed E-state index contributed by atoms with van der Waals surface area (Å²) in [5, 5.41) is 0. The summed E-state index contributed by atoms with van der Waals surface area (Å²) in [5.74, 6) is 1.03. The number of rotatable bonds is 4. The molecule has 1 aliphatic carbocycles. The monoisotopic (exact) mass is 212 g/mol. The maximum atomic E-state index is 6.38. The van der Waals surface area contributed by atoms with Crippen LogP contribution in [0.3, 0.4) is 0 Å². The Morgan fingerprint density at radius 1 is 1.43 bits per heavy atom. The first-order valence-electron chi connectivity index (χ1n) is 5.09. The van der Waals surface area contributed by atoms with Gasteiger partial charge in [-0.25, -0.2) is 0 Å². The van der Waals surface area contributed by atoms with Crippen LogP contribution in [0.5, 0.6) is 0 Å². The van der Waals surface area contributed by atoms with Gasteiger partial charge in [0.2, 0.25) is 0 Å². The first-order chi connectivity index (χ1) is 6.74. The first-order valence-corrected chi connectivity index (χ1v) is 5.47.